The zero-order valence-corrected chi connectivity index (χ0v) is 15.5. The molecule has 138 valence electrons. The van der Waals surface area contributed by atoms with Gasteiger partial charge in [0.15, 0.2) is 0 Å². The van der Waals surface area contributed by atoms with Crippen molar-refractivity contribution in [2.45, 2.75) is 19.3 Å². The first kappa shape index (κ1) is 18.2. The van der Waals surface area contributed by atoms with Crippen molar-refractivity contribution in [2.75, 3.05) is 26.7 Å². The zero-order chi connectivity index (χ0) is 18.5. The number of likely N-dealkylation sites (tertiary alicyclic amines) is 1. The Hall–Kier alpha value is -2.63. The Bertz CT molecular complexity index is 756. The molecule has 0 spiro atoms. The second kappa shape index (κ2) is 8.17. The molecule has 0 bridgehead atoms. The van der Waals surface area contributed by atoms with Crippen LogP contribution in [-0.4, -0.2) is 58.1 Å². The summed E-state index contributed by atoms with van der Waals surface area (Å²) in [6.07, 6.45) is 5.95. The number of hydrogen-bond acceptors (Lipinski definition) is 3. The summed E-state index contributed by atoms with van der Waals surface area (Å²) in [6.45, 7) is 1.46. The Morgan fingerprint density at radius 1 is 1.27 bits per heavy atom. The van der Waals surface area contributed by atoms with Crippen LogP contribution in [0.15, 0.2) is 42.7 Å². The van der Waals surface area contributed by atoms with Gasteiger partial charge in [-0.25, -0.2) is 0 Å². The highest BCUT2D eigenvalue weighted by Crippen LogP contribution is 2.22. The van der Waals surface area contributed by atoms with Crippen molar-refractivity contribution in [1.82, 2.24) is 19.6 Å². The van der Waals surface area contributed by atoms with Crippen molar-refractivity contribution in [3.63, 3.8) is 0 Å². The predicted molar refractivity (Wildman–Crippen MR) is 99.4 cm³/mol. The van der Waals surface area contributed by atoms with Crippen molar-refractivity contribution in [1.29, 1.82) is 0 Å². The van der Waals surface area contributed by atoms with Crippen LogP contribution < -0.4 is 0 Å². The van der Waals surface area contributed by atoms with E-state index < -0.39 is 0 Å². The van der Waals surface area contributed by atoms with Gasteiger partial charge in [-0.1, -0.05) is 30.3 Å². The molecule has 0 radical (unpaired) electrons. The van der Waals surface area contributed by atoms with Crippen LogP contribution in [0.4, 0.5) is 0 Å². The first-order valence-electron chi connectivity index (χ1n) is 9.04. The molecule has 3 rings (SSSR count). The standard InChI is InChI=1S/C20H26N4O2/c1-22(9-8-17-12-21-23(2)13-17)20(26)15-24-14-18(11-19(24)25)10-16-6-4-3-5-7-16/h3-7,12-13,18H,8-11,14-15H2,1-2H3. The van der Waals surface area contributed by atoms with Crippen molar-refractivity contribution in [2.24, 2.45) is 13.0 Å². The largest absolute Gasteiger partial charge is 0.344 e. The maximum absolute atomic E-state index is 12.4. The molecular weight excluding hydrogens is 328 g/mol. The summed E-state index contributed by atoms with van der Waals surface area (Å²) in [7, 11) is 3.67. The third kappa shape index (κ3) is 4.71. The van der Waals surface area contributed by atoms with Crippen molar-refractivity contribution < 1.29 is 9.59 Å². The average molecular weight is 354 g/mol. The summed E-state index contributed by atoms with van der Waals surface area (Å²) in [5.74, 6) is 0.362. The van der Waals surface area contributed by atoms with Gasteiger partial charge in [-0.15, -0.1) is 0 Å². The van der Waals surface area contributed by atoms with Gasteiger partial charge in [-0.05, 0) is 29.9 Å². The lowest BCUT2D eigenvalue weighted by atomic mass is 9.99. The molecule has 2 heterocycles. The van der Waals surface area contributed by atoms with Gasteiger partial charge in [0.05, 0.1) is 12.7 Å². The summed E-state index contributed by atoms with van der Waals surface area (Å²) < 4.78 is 1.76. The molecule has 0 N–H and O–H groups in total. The highest BCUT2D eigenvalue weighted by molar-refractivity contribution is 5.86. The van der Waals surface area contributed by atoms with Gasteiger partial charge < -0.3 is 9.80 Å². The summed E-state index contributed by atoms with van der Waals surface area (Å²) in [5, 5.41) is 4.14. The molecule has 0 saturated carbocycles. The fraction of sp³-hybridized carbons (Fsp3) is 0.450. The second-order valence-corrected chi connectivity index (χ2v) is 7.12. The fourth-order valence-corrected chi connectivity index (χ4v) is 3.40. The molecule has 1 aliphatic heterocycles. The topological polar surface area (TPSA) is 58.4 Å². The van der Waals surface area contributed by atoms with E-state index in [9.17, 15) is 9.59 Å². The van der Waals surface area contributed by atoms with Crippen molar-refractivity contribution >= 4 is 11.8 Å². The van der Waals surface area contributed by atoms with E-state index in [1.54, 1.807) is 21.5 Å². The van der Waals surface area contributed by atoms with Crippen LogP contribution in [0.3, 0.4) is 0 Å². The number of likely N-dealkylation sites (N-methyl/N-ethyl adjacent to an activating group) is 1. The first-order chi connectivity index (χ1) is 12.5. The van der Waals surface area contributed by atoms with E-state index in [1.165, 1.54) is 5.56 Å². The lowest BCUT2D eigenvalue weighted by Gasteiger charge is -2.22. The average Bonchev–Trinajstić information content (AvgIpc) is 3.19. The van der Waals surface area contributed by atoms with Gasteiger partial charge in [0, 0.05) is 39.8 Å². The highest BCUT2D eigenvalue weighted by Gasteiger charge is 2.31. The summed E-state index contributed by atoms with van der Waals surface area (Å²) in [5.41, 5.74) is 2.35. The molecule has 6 heteroatoms. The van der Waals surface area contributed by atoms with E-state index in [1.807, 2.05) is 37.6 Å². The number of carbonyl (C=O) groups excluding carboxylic acids is 2. The smallest absolute Gasteiger partial charge is 0.241 e. The molecule has 1 fully saturated rings. The van der Waals surface area contributed by atoms with Gasteiger partial charge in [0.2, 0.25) is 11.8 Å². The Balaban J connectivity index is 1.46. The van der Waals surface area contributed by atoms with Gasteiger partial charge in [-0.2, -0.15) is 5.10 Å². The number of aryl methyl sites for hydroxylation is 1. The molecule has 1 saturated heterocycles. The third-order valence-corrected chi connectivity index (χ3v) is 4.91. The predicted octanol–water partition coefficient (Wildman–Crippen LogP) is 1.51. The summed E-state index contributed by atoms with van der Waals surface area (Å²) in [6, 6.07) is 10.2. The number of hydrogen-bond donors (Lipinski definition) is 0. The maximum atomic E-state index is 12.4. The third-order valence-electron chi connectivity index (χ3n) is 4.91. The van der Waals surface area contributed by atoms with Gasteiger partial charge in [0.25, 0.3) is 0 Å². The molecule has 1 atom stereocenters. The minimum Gasteiger partial charge on any atom is -0.344 e. The Morgan fingerprint density at radius 2 is 2.04 bits per heavy atom. The van der Waals surface area contributed by atoms with Crippen LogP contribution in [0.5, 0.6) is 0 Å². The monoisotopic (exact) mass is 354 g/mol. The molecule has 2 amide bonds. The maximum Gasteiger partial charge on any atom is 0.241 e. The van der Waals surface area contributed by atoms with E-state index in [2.05, 4.69) is 17.2 Å². The molecule has 2 aromatic rings. The van der Waals surface area contributed by atoms with Crippen LogP contribution in [0.1, 0.15) is 17.5 Å². The van der Waals surface area contributed by atoms with E-state index in [4.69, 9.17) is 0 Å². The number of amides is 2. The number of carbonyl (C=O) groups is 2. The number of aromatic nitrogens is 2. The number of benzene rings is 1. The SMILES string of the molecule is CN(CCc1cnn(C)c1)C(=O)CN1CC(Cc2ccccc2)CC1=O. The Morgan fingerprint density at radius 3 is 2.73 bits per heavy atom. The number of rotatable bonds is 7. The second-order valence-electron chi connectivity index (χ2n) is 7.12. The molecule has 1 aliphatic rings. The van der Waals surface area contributed by atoms with Crippen LogP contribution >= 0.6 is 0 Å². The Kier molecular flexibility index (Phi) is 5.71. The van der Waals surface area contributed by atoms with Crippen LogP contribution in [0, 0.1) is 5.92 Å². The normalized spacial score (nSPS) is 16.9. The van der Waals surface area contributed by atoms with Crippen molar-refractivity contribution in [3.8, 4) is 0 Å². The minimum absolute atomic E-state index is 0.0115. The fourth-order valence-electron chi connectivity index (χ4n) is 3.40. The quantitative estimate of drug-likeness (QED) is 0.757. The molecule has 0 aliphatic carbocycles. The van der Waals surface area contributed by atoms with Crippen LogP contribution in [0.25, 0.3) is 0 Å². The van der Waals surface area contributed by atoms with Gasteiger partial charge in [0.1, 0.15) is 0 Å². The molecule has 6 nitrogen and oxygen atoms in total. The minimum atomic E-state index is -0.0115. The highest BCUT2D eigenvalue weighted by atomic mass is 16.2. The van der Waals surface area contributed by atoms with Crippen LogP contribution in [-0.2, 0) is 29.5 Å². The van der Waals surface area contributed by atoms with Crippen molar-refractivity contribution in [3.05, 3.63) is 53.9 Å². The van der Waals surface area contributed by atoms with E-state index in [0.29, 0.717) is 25.4 Å². The molecule has 1 aromatic heterocycles. The summed E-state index contributed by atoms with van der Waals surface area (Å²) >= 11 is 0. The van der Waals surface area contributed by atoms with E-state index >= 15 is 0 Å². The van der Waals surface area contributed by atoms with E-state index in [-0.39, 0.29) is 18.4 Å². The van der Waals surface area contributed by atoms with Crippen LogP contribution in [0.2, 0.25) is 0 Å². The summed E-state index contributed by atoms with van der Waals surface area (Å²) in [4.78, 5) is 28.1. The molecule has 1 aromatic carbocycles. The van der Waals surface area contributed by atoms with Gasteiger partial charge in [-0.3, -0.25) is 14.3 Å². The molecule has 1 unspecified atom stereocenters. The van der Waals surface area contributed by atoms with Gasteiger partial charge >= 0.3 is 0 Å². The molecular formula is C20H26N4O2. The van der Waals surface area contributed by atoms with E-state index in [0.717, 1.165) is 18.4 Å². The number of nitrogens with zero attached hydrogens (tertiary/aromatic N) is 4. The zero-order valence-electron chi connectivity index (χ0n) is 15.5. The molecule has 26 heavy (non-hydrogen) atoms. The Labute approximate surface area is 154 Å². The lowest BCUT2D eigenvalue weighted by molar-refractivity contribution is -0.137. The first-order valence-corrected chi connectivity index (χ1v) is 9.04. The lowest BCUT2D eigenvalue weighted by Crippen LogP contribution is -2.40.